The second-order valence-electron chi connectivity index (χ2n) is 7.90. The predicted molar refractivity (Wildman–Crippen MR) is 109 cm³/mol. The van der Waals surface area contributed by atoms with Crippen LogP contribution in [0, 0.1) is 0 Å². The van der Waals surface area contributed by atoms with Crippen molar-refractivity contribution in [3.63, 3.8) is 0 Å². The van der Waals surface area contributed by atoms with E-state index >= 15 is 0 Å². The lowest BCUT2D eigenvalue weighted by Crippen LogP contribution is -2.48. The Morgan fingerprint density at radius 3 is 2.68 bits per heavy atom. The highest BCUT2D eigenvalue weighted by Gasteiger charge is 2.34. The minimum atomic E-state index is -0.0217. The Bertz CT molecular complexity index is 1000. The maximum absolute atomic E-state index is 13.2. The van der Waals surface area contributed by atoms with E-state index in [4.69, 9.17) is 4.98 Å². The molecule has 0 spiro atoms. The normalized spacial score (nSPS) is 23.8. The second kappa shape index (κ2) is 7.02. The lowest BCUT2D eigenvalue weighted by Gasteiger charge is -2.29. The zero-order chi connectivity index (χ0) is 19.1. The van der Waals surface area contributed by atoms with Crippen LogP contribution >= 0.6 is 0 Å². The van der Waals surface area contributed by atoms with Gasteiger partial charge in [-0.15, -0.1) is 0 Å². The second-order valence-corrected chi connectivity index (χ2v) is 7.90. The highest BCUT2D eigenvalue weighted by Crippen LogP contribution is 2.28. The molecule has 0 aliphatic carbocycles. The van der Waals surface area contributed by atoms with Gasteiger partial charge in [-0.05, 0) is 38.7 Å². The van der Waals surface area contributed by atoms with Gasteiger partial charge < -0.3 is 10.6 Å². The van der Waals surface area contributed by atoms with E-state index in [0.717, 1.165) is 35.1 Å². The first-order valence-corrected chi connectivity index (χ1v) is 10.2. The molecule has 28 heavy (non-hydrogen) atoms. The topological polar surface area (TPSA) is 71.8 Å². The summed E-state index contributed by atoms with van der Waals surface area (Å²) in [6.07, 6.45) is 6.23. The number of piperidine rings is 1. The number of hydrogen-bond acceptors (Lipinski definition) is 4. The van der Waals surface area contributed by atoms with E-state index in [1.807, 2.05) is 48.0 Å². The van der Waals surface area contributed by atoms with Gasteiger partial charge in [0.25, 0.3) is 5.91 Å². The Balaban J connectivity index is 1.52. The molecule has 1 aromatic carbocycles. The molecular weight excluding hydrogens is 350 g/mol. The fraction of sp³-hybridized carbons (Fsp3) is 0.409. The number of pyridine rings is 1. The van der Waals surface area contributed by atoms with Gasteiger partial charge >= 0.3 is 0 Å². The third-order valence-electron chi connectivity index (χ3n) is 6.03. The van der Waals surface area contributed by atoms with E-state index in [2.05, 4.69) is 15.7 Å². The van der Waals surface area contributed by atoms with Crippen LogP contribution in [0.25, 0.3) is 22.3 Å². The Labute approximate surface area is 164 Å². The van der Waals surface area contributed by atoms with Crippen LogP contribution in [0.1, 0.15) is 43.0 Å². The maximum Gasteiger partial charge on any atom is 0.252 e. The van der Waals surface area contributed by atoms with Gasteiger partial charge in [-0.3, -0.25) is 4.79 Å². The monoisotopic (exact) mass is 375 g/mol. The van der Waals surface area contributed by atoms with Crippen LogP contribution in [0.3, 0.4) is 0 Å². The minimum Gasteiger partial charge on any atom is -0.349 e. The fourth-order valence-corrected chi connectivity index (χ4v) is 4.66. The number of amides is 1. The van der Waals surface area contributed by atoms with Crippen LogP contribution in [0.15, 0.2) is 42.6 Å². The molecule has 0 saturated carbocycles. The number of nitrogens with one attached hydrogen (secondary N) is 2. The summed E-state index contributed by atoms with van der Waals surface area (Å²) in [5.41, 5.74) is 3.23. The summed E-state index contributed by atoms with van der Waals surface area (Å²) in [7, 11) is 0. The van der Waals surface area contributed by atoms with Crippen LogP contribution in [0.4, 0.5) is 0 Å². The van der Waals surface area contributed by atoms with Crippen LogP contribution in [0.5, 0.6) is 0 Å². The van der Waals surface area contributed by atoms with Crippen molar-refractivity contribution < 1.29 is 4.79 Å². The smallest absolute Gasteiger partial charge is 0.252 e. The molecule has 2 bridgehead atoms. The number of aromatic nitrogens is 3. The van der Waals surface area contributed by atoms with Crippen molar-refractivity contribution in [2.24, 2.45) is 0 Å². The summed E-state index contributed by atoms with van der Waals surface area (Å²) in [6, 6.07) is 13.2. The molecule has 2 atom stereocenters. The number of fused-ring (bicyclic) bond motifs is 3. The van der Waals surface area contributed by atoms with Gasteiger partial charge in [0.05, 0.1) is 22.8 Å². The van der Waals surface area contributed by atoms with Crippen LogP contribution in [-0.4, -0.2) is 38.8 Å². The van der Waals surface area contributed by atoms with Gasteiger partial charge in [0.1, 0.15) is 0 Å². The lowest BCUT2D eigenvalue weighted by molar-refractivity contribution is 0.0925. The number of rotatable bonds is 4. The van der Waals surface area contributed by atoms with E-state index < -0.39 is 0 Å². The van der Waals surface area contributed by atoms with Crippen molar-refractivity contribution in [3.8, 4) is 11.3 Å². The Hall–Kier alpha value is -2.73. The van der Waals surface area contributed by atoms with Crippen molar-refractivity contribution in [2.75, 3.05) is 0 Å². The predicted octanol–water partition coefficient (Wildman–Crippen LogP) is 3.13. The van der Waals surface area contributed by atoms with Crippen molar-refractivity contribution in [3.05, 3.63) is 48.2 Å². The number of nitrogens with zero attached hydrogens (tertiary/aromatic N) is 3. The Kier molecular flexibility index (Phi) is 4.36. The molecule has 2 saturated heterocycles. The van der Waals surface area contributed by atoms with Gasteiger partial charge in [-0.2, -0.15) is 5.10 Å². The first kappa shape index (κ1) is 17.4. The molecule has 6 nitrogen and oxygen atoms in total. The summed E-state index contributed by atoms with van der Waals surface area (Å²) < 4.78 is 1.85. The molecular formula is C22H25N5O. The molecule has 2 unspecified atom stereocenters. The van der Waals surface area contributed by atoms with Crippen LogP contribution in [-0.2, 0) is 6.54 Å². The molecule has 1 amide bonds. The highest BCUT2D eigenvalue weighted by atomic mass is 16.1. The zero-order valence-electron chi connectivity index (χ0n) is 16.1. The third-order valence-corrected chi connectivity index (χ3v) is 6.03. The molecule has 2 fully saturated rings. The number of hydrogen-bond donors (Lipinski definition) is 2. The average Bonchev–Trinajstić information content (AvgIpc) is 3.30. The summed E-state index contributed by atoms with van der Waals surface area (Å²) in [5.74, 6) is -0.0217. The summed E-state index contributed by atoms with van der Waals surface area (Å²) in [5, 5.41) is 12.2. The first-order chi connectivity index (χ1) is 13.7. The SMILES string of the molecule is CCn1ncc2c(C(=O)NC3CC4CCC(C3)N4)cc(-c3ccccc3)nc21. The Morgan fingerprint density at radius 1 is 1.21 bits per heavy atom. The molecule has 0 radical (unpaired) electrons. The van der Waals surface area contributed by atoms with Crippen molar-refractivity contribution in [2.45, 2.75) is 57.3 Å². The zero-order valence-corrected chi connectivity index (χ0v) is 16.1. The van der Waals surface area contributed by atoms with E-state index in [-0.39, 0.29) is 11.9 Å². The maximum atomic E-state index is 13.2. The van der Waals surface area contributed by atoms with Gasteiger partial charge in [0.15, 0.2) is 5.65 Å². The summed E-state index contributed by atoms with van der Waals surface area (Å²) >= 11 is 0. The molecule has 5 rings (SSSR count). The molecule has 2 aliphatic rings. The van der Waals surface area contributed by atoms with E-state index in [0.29, 0.717) is 24.2 Å². The molecule has 6 heteroatoms. The minimum absolute atomic E-state index is 0.0217. The lowest BCUT2D eigenvalue weighted by atomic mass is 9.99. The molecule has 3 aromatic rings. The number of carbonyl (C=O) groups excluding carboxylic acids is 1. The van der Waals surface area contributed by atoms with Gasteiger partial charge in [-0.25, -0.2) is 9.67 Å². The van der Waals surface area contributed by atoms with Crippen molar-refractivity contribution >= 4 is 16.9 Å². The number of benzene rings is 1. The third kappa shape index (κ3) is 3.07. The highest BCUT2D eigenvalue weighted by molar-refractivity contribution is 6.06. The number of carbonyl (C=O) groups is 1. The fourth-order valence-electron chi connectivity index (χ4n) is 4.66. The largest absolute Gasteiger partial charge is 0.349 e. The summed E-state index contributed by atoms with van der Waals surface area (Å²) in [6.45, 7) is 2.75. The van der Waals surface area contributed by atoms with Gasteiger partial charge in [0.2, 0.25) is 0 Å². The molecule has 4 heterocycles. The molecule has 144 valence electrons. The summed E-state index contributed by atoms with van der Waals surface area (Å²) in [4.78, 5) is 18.1. The van der Waals surface area contributed by atoms with E-state index in [9.17, 15) is 4.79 Å². The van der Waals surface area contributed by atoms with Gasteiger partial charge in [0, 0.05) is 30.2 Å². The average molecular weight is 375 g/mol. The number of aryl methyl sites for hydroxylation is 1. The molecule has 2 N–H and O–H groups in total. The van der Waals surface area contributed by atoms with Crippen LogP contribution in [0.2, 0.25) is 0 Å². The van der Waals surface area contributed by atoms with Gasteiger partial charge in [-0.1, -0.05) is 30.3 Å². The first-order valence-electron chi connectivity index (χ1n) is 10.2. The molecule has 2 aliphatic heterocycles. The Morgan fingerprint density at radius 2 is 1.96 bits per heavy atom. The standard InChI is InChI=1S/C22H25N5O/c1-2-27-21-19(13-23-27)18(12-20(26-21)14-6-4-3-5-7-14)22(28)25-17-10-15-8-9-16(11-17)24-15/h3-7,12-13,15-17,24H,2,8-11H2,1H3,(H,25,28). The van der Waals surface area contributed by atoms with Crippen molar-refractivity contribution in [1.29, 1.82) is 0 Å². The van der Waals surface area contributed by atoms with Crippen LogP contribution < -0.4 is 10.6 Å². The van der Waals surface area contributed by atoms with E-state index in [1.165, 1.54) is 12.8 Å². The van der Waals surface area contributed by atoms with Crippen molar-refractivity contribution in [1.82, 2.24) is 25.4 Å². The molecule has 2 aromatic heterocycles. The quantitative estimate of drug-likeness (QED) is 0.735. The van der Waals surface area contributed by atoms with E-state index in [1.54, 1.807) is 6.20 Å².